The molecule has 0 aliphatic carbocycles. The molecule has 4 aliphatic heterocycles. The molecule has 4 aliphatic rings. The van der Waals surface area contributed by atoms with Crippen molar-refractivity contribution in [2.45, 2.75) is 6.54 Å². The third kappa shape index (κ3) is 3.30. The van der Waals surface area contributed by atoms with Crippen LogP contribution in [0.25, 0.3) is 11.4 Å². The molecule has 1 saturated heterocycles. The van der Waals surface area contributed by atoms with Gasteiger partial charge in [0.1, 0.15) is 17.3 Å². The van der Waals surface area contributed by atoms with E-state index in [9.17, 15) is 9.18 Å². The molecule has 1 aromatic carbocycles. The molecule has 9 nitrogen and oxygen atoms in total. The van der Waals surface area contributed by atoms with Crippen LogP contribution in [0.15, 0.2) is 41.5 Å². The van der Waals surface area contributed by atoms with Crippen molar-refractivity contribution in [2.24, 2.45) is 4.99 Å². The fourth-order valence-electron chi connectivity index (χ4n) is 3.86. The van der Waals surface area contributed by atoms with Crippen LogP contribution in [0.5, 0.6) is 0 Å². The SMILES string of the molecule is O=C(O)N1CCN(c2ccc(N=c3ncc4ccc5n(c-4n3)CCN5)c(F)c2)CC1. The highest BCUT2D eigenvalue weighted by molar-refractivity contribution is 5.66. The number of hydrogen-bond acceptors (Lipinski definition) is 6. The van der Waals surface area contributed by atoms with Crippen LogP contribution < -0.4 is 15.8 Å². The van der Waals surface area contributed by atoms with E-state index in [0.717, 1.165) is 30.3 Å². The van der Waals surface area contributed by atoms with Crippen LogP contribution in [0.4, 0.5) is 26.4 Å². The van der Waals surface area contributed by atoms with Gasteiger partial charge in [-0.25, -0.2) is 19.2 Å². The predicted octanol–water partition coefficient (Wildman–Crippen LogP) is 1.98. The van der Waals surface area contributed by atoms with E-state index in [-0.39, 0.29) is 11.3 Å². The van der Waals surface area contributed by atoms with Gasteiger partial charge in [0, 0.05) is 56.7 Å². The number of carbonyl (C=O) groups is 1. The smallest absolute Gasteiger partial charge is 0.407 e. The molecular formula is C20H20FN7O2. The van der Waals surface area contributed by atoms with Crippen LogP contribution >= 0.6 is 0 Å². The first kappa shape index (κ1) is 18.3. The Morgan fingerprint density at radius 2 is 1.97 bits per heavy atom. The fourth-order valence-corrected chi connectivity index (χ4v) is 3.86. The van der Waals surface area contributed by atoms with Gasteiger partial charge in [0.25, 0.3) is 5.62 Å². The highest BCUT2D eigenvalue weighted by atomic mass is 19.1. The average Bonchev–Trinajstić information content (AvgIpc) is 3.25. The molecule has 1 amide bonds. The quantitative estimate of drug-likeness (QED) is 0.672. The molecule has 154 valence electrons. The summed E-state index contributed by atoms with van der Waals surface area (Å²) < 4.78 is 16.8. The molecule has 0 saturated carbocycles. The number of aromatic nitrogens is 3. The monoisotopic (exact) mass is 409 g/mol. The first-order valence-corrected chi connectivity index (χ1v) is 9.76. The molecule has 30 heavy (non-hydrogen) atoms. The Labute approximate surface area is 171 Å². The Kier molecular flexibility index (Phi) is 4.46. The van der Waals surface area contributed by atoms with Crippen molar-refractivity contribution in [3.05, 3.63) is 48.0 Å². The lowest BCUT2D eigenvalue weighted by Crippen LogP contribution is -2.48. The summed E-state index contributed by atoms with van der Waals surface area (Å²) in [4.78, 5) is 27.4. The summed E-state index contributed by atoms with van der Waals surface area (Å²) >= 11 is 0. The van der Waals surface area contributed by atoms with Gasteiger partial charge >= 0.3 is 6.09 Å². The number of piperazine rings is 1. The zero-order chi connectivity index (χ0) is 20.7. The van der Waals surface area contributed by atoms with Crippen LogP contribution in [-0.2, 0) is 6.54 Å². The molecule has 0 spiro atoms. The highest BCUT2D eigenvalue weighted by Gasteiger charge is 2.21. The summed E-state index contributed by atoms with van der Waals surface area (Å²) in [6.07, 6.45) is 0.769. The third-order valence-corrected chi connectivity index (χ3v) is 5.46. The number of rotatable bonds is 2. The van der Waals surface area contributed by atoms with E-state index >= 15 is 0 Å². The number of carboxylic acid groups (broad SMARTS) is 1. The largest absolute Gasteiger partial charge is 0.465 e. The van der Waals surface area contributed by atoms with Crippen molar-refractivity contribution in [1.82, 2.24) is 19.4 Å². The number of benzene rings is 1. The number of anilines is 2. The summed E-state index contributed by atoms with van der Waals surface area (Å²) in [5.41, 5.74) is 1.98. The molecule has 0 radical (unpaired) electrons. The molecule has 1 fully saturated rings. The Bertz CT molecular complexity index is 1150. The van der Waals surface area contributed by atoms with Crippen molar-refractivity contribution >= 4 is 23.3 Å². The van der Waals surface area contributed by atoms with Gasteiger partial charge in [0.05, 0.1) is 0 Å². The van der Waals surface area contributed by atoms with E-state index in [1.807, 2.05) is 17.0 Å². The fraction of sp³-hybridized carbons (Fsp3) is 0.300. The van der Waals surface area contributed by atoms with Crippen LogP contribution in [0.1, 0.15) is 0 Å². The lowest BCUT2D eigenvalue weighted by atomic mass is 10.2. The third-order valence-electron chi connectivity index (χ3n) is 5.46. The maximum absolute atomic E-state index is 14.7. The highest BCUT2D eigenvalue weighted by Crippen LogP contribution is 2.26. The molecule has 0 aromatic heterocycles. The second kappa shape index (κ2) is 7.29. The Morgan fingerprint density at radius 1 is 1.13 bits per heavy atom. The van der Waals surface area contributed by atoms with E-state index in [0.29, 0.717) is 31.9 Å². The molecule has 2 N–H and O–H groups in total. The molecule has 4 heterocycles. The molecule has 0 unspecified atom stereocenters. The number of fused-ring (bicyclic) bond motifs is 3. The number of nitrogens with one attached hydrogen (secondary N) is 1. The molecule has 0 bridgehead atoms. The number of pyridine rings is 1. The Morgan fingerprint density at radius 3 is 2.73 bits per heavy atom. The van der Waals surface area contributed by atoms with Gasteiger partial charge in [-0.2, -0.15) is 4.98 Å². The van der Waals surface area contributed by atoms with Gasteiger partial charge in [-0.15, -0.1) is 0 Å². The van der Waals surface area contributed by atoms with Gasteiger partial charge in [-0.1, -0.05) is 0 Å². The first-order valence-electron chi connectivity index (χ1n) is 9.76. The van der Waals surface area contributed by atoms with Crippen LogP contribution in [0, 0.1) is 5.82 Å². The maximum atomic E-state index is 14.7. The molecular weight excluding hydrogens is 389 g/mol. The summed E-state index contributed by atoms with van der Waals surface area (Å²) in [5, 5.41) is 12.3. The van der Waals surface area contributed by atoms with Crippen molar-refractivity contribution in [3.8, 4) is 11.4 Å². The van der Waals surface area contributed by atoms with Crippen LogP contribution in [-0.4, -0.2) is 63.4 Å². The standard InChI is InChI=1S/C20H20FN7O2/c21-15-11-14(26-7-9-27(10-8-26)20(29)30)2-3-16(15)24-19-23-12-13-1-4-17-22-5-6-28(17)18(13)25-19/h1-4,11-12,22H,5-10H2,(H,29,30). The summed E-state index contributed by atoms with van der Waals surface area (Å²) in [5.74, 6) is 1.29. The van der Waals surface area contributed by atoms with Crippen molar-refractivity contribution in [1.29, 1.82) is 0 Å². The summed E-state index contributed by atoms with van der Waals surface area (Å²) in [6, 6.07) is 8.75. The van der Waals surface area contributed by atoms with Crippen molar-refractivity contribution < 1.29 is 14.3 Å². The van der Waals surface area contributed by atoms with Gasteiger partial charge in [-0.05, 0) is 30.3 Å². The van der Waals surface area contributed by atoms with Crippen LogP contribution in [0.2, 0.25) is 0 Å². The molecule has 0 atom stereocenters. The van der Waals surface area contributed by atoms with Gasteiger partial charge in [0.15, 0.2) is 5.82 Å². The summed E-state index contributed by atoms with van der Waals surface area (Å²) in [7, 11) is 0. The Hall–Kier alpha value is -3.69. The van der Waals surface area contributed by atoms with E-state index < -0.39 is 11.9 Å². The van der Waals surface area contributed by atoms with Gasteiger partial charge < -0.3 is 24.8 Å². The van der Waals surface area contributed by atoms with Gasteiger partial charge in [-0.3, -0.25) is 0 Å². The minimum atomic E-state index is -0.926. The Balaban J connectivity index is 1.42. The second-order valence-electron chi connectivity index (χ2n) is 7.25. The number of hydrogen-bond donors (Lipinski definition) is 2. The first-order chi connectivity index (χ1) is 14.6. The summed E-state index contributed by atoms with van der Waals surface area (Å²) in [6.45, 7) is 3.47. The van der Waals surface area contributed by atoms with E-state index in [1.165, 1.54) is 11.0 Å². The maximum Gasteiger partial charge on any atom is 0.407 e. The number of nitrogens with zero attached hydrogens (tertiary/aromatic N) is 6. The molecule has 10 heteroatoms. The zero-order valence-electron chi connectivity index (χ0n) is 16.1. The van der Waals surface area contributed by atoms with Crippen LogP contribution in [0.3, 0.4) is 0 Å². The second-order valence-corrected chi connectivity index (χ2v) is 7.25. The van der Waals surface area contributed by atoms with E-state index in [4.69, 9.17) is 5.11 Å². The predicted molar refractivity (Wildman–Crippen MR) is 109 cm³/mol. The minimum Gasteiger partial charge on any atom is -0.465 e. The van der Waals surface area contributed by atoms with E-state index in [2.05, 4.69) is 24.8 Å². The minimum absolute atomic E-state index is 0.165. The molecule has 1 aromatic rings. The zero-order valence-corrected chi connectivity index (χ0v) is 16.1. The van der Waals surface area contributed by atoms with Crippen molar-refractivity contribution in [2.75, 3.05) is 42.9 Å². The number of halogens is 1. The van der Waals surface area contributed by atoms with Crippen molar-refractivity contribution in [3.63, 3.8) is 0 Å². The van der Waals surface area contributed by atoms with Gasteiger partial charge in [0.2, 0.25) is 0 Å². The topological polar surface area (TPSA) is 98.9 Å². The lowest BCUT2D eigenvalue weighted by molar-refractivity contribution is 0.142. The normalized spacial score (nSPS) is 16.6. The lowest BCUT2D eigenvalue weighted by Gasteiger charge is -2.34. The average molecular weight is 409 g/mol. The number of amides is 1. The molecule has 5 rings (SSSR count). The van der Waals surface area contributed by atoms with E-state index in [1.54, 1.807) is 18.3 Å².